The van der Waals surface area contributed by atoms with E-state index in [0.717, 1.165) is 8.78 Å². The van der Waals surface area contributed by atoms with E-state index in [2.05, 4.69) is 40.1 Å². The highest BCUT2D eigenvalue weighted by atomic mass is 79.9. The Morgan fingerprint density at radius 3 is 2.42 bits per heavy atom. The molecule has 1 aromatic carbocycles. The maximum absolute atomic E-state index is 12.4. The average Bonchev–Trinajstić information content (AvgIpc) is 3.37. The van der Waals surface area contributed by atoms with Crippen molar-refractivity contribution in [3.63, 3.8) is 0 Å². The molecule has 1 aliphatic carbocycles. The summed E-state index contributed by atoms with van der Waals surface area (Å²) in [7, 11) is -0.200. The summed E-state index contributed by atoms with van der Waals surface area (Å²) in [6, 6.07) is 7.21. The molecule has 1 aliphatic rings. The number of carbonyl (C=O) groups excluding carboxylic acids is 1. The molecule has 134 valence electrons. The van der Waals surface area contributed by atoms with Crippen LogP contribution in [0.3, 0.4) is 0 Å². The molecule has 0 spiro atoms. The molecule has 1 N–H and O–H groups in total. The lowest BCUT2D eigenvalue weighted by Gasteiger charge is -2.25. The highest BCUT2D eigenvalue weighted by Gasteiger charge is 2.29. The molecule has 0 aromatic heterocycles. The van der Waals surface area contributed by atoms with Crippen LogP contribution in [0.4, 0.5) is 0 Å². The van der Waals surface area contributed by atoms with Gasteiger partial charge in [0.1, 0.15) is 0 Å². The van der Waals surface area contributed by atoms with Gasteiger partial charge in [0, 0.05) is 30.1 Å². The van der Waals surface area contributed by atoms with E-state index in [9.17, 15) is 13.2 Å². The van der Waals surface area contributed by atoms with Crippen molar-refractivity contribution < 1.29 is 13.2 Å². The summed E-state index contributed by atoms with van der Waals surface area (Å²) < 4.78 is 26.8. The van der Waals surface area contributed by atoms with Crippen LogP contribution in [0.1, 0.15) is 19.8 Å². The normalized spacial score (nSPS) is 16.4. The number of amides is 1. The molecule has 1 unspecified atom stereocenters. The first kappa shape index (κ1) is 19.4. The van der Waals surface area contributed by atoms with Crippen molar-refractivity contribution in [2.45, 2.75) is 36.7 Å². The van der Waals surface area contributed by atoms with E-state index < -0.39 is 10.0 Å². The molecule has 1 amide bonds. The van der Waals surface area contributed by atoms with Gasteiger partial charge in [-0.2, -0.15) is 4.31 Å². The number of rotatable bonds is 8. The molecule has 2 rings (SSSR count). The smallest absolute Gasteiger partial charge is 0.243 e. The van der Waals surface area contributed by atoms with Crippen LogP contribution in [0.5, 0.6) is 0 Å². The SMILES string of the molecule is CC(CNC(=O)CN(C)S(=O)(=O)c1ccc(Br)cc1)N(C)C1CC1. The lowest BCUT2D eigenvalue weighted by Crippen LogP contribution is -2.44. The van der Waals surface area contributed by atoms with E-state index in [-0.39, 0.29) is 23.4 Å². The first-order valence-corrected chi connectivity index (χ1v) is 10.2. The standard InChI is InChI=1S/C16H24BrN3O3S/c1-12(20(3)14-6-7-14)10-18-16(21)11-19(2)24(22,23)15-8-4-13(17)5-9-15/h4-5,8-9,12,14H,6-7,10-11H2,1-3H3,(H,18,21). The molecule has 8 heteroatoms. The van der Waals surface area contributed by atoms with Crippen LogP contribution in [0.15, 0.2) is 33.6 Å². The summed E-state index contributed by atoms with van der Waals surface area (Å²) in [5.74, 6) is -0.297. The minimum atomic E-state index is -3.67. The Labute approximate surface area is 152 Å². The Balaban J connectivity index is 1.87. The summed E-state index contributed by atoms with van der Waals surface area (Å²) in [5.41, 5.74) is 0. The van der Waals surface area contributed by atoms with Gasteiger partial charge >= 0.3 is 0 Å². The minimum Gasteiger partial charge on any atom is -0.353 e. The highest BCUT2D eigenvalue weighted by molar-refractivity contribution is 9.10. The van der Waals surface area contributed by atoms with Crippen molar-refractivity contribution in [3.8, 4) is 0 Å². The zero-order valence-electron chi connectivity index (χ0n) is 14.2. The maximum atomic E-state index is 12.4. The third-order valence-corrected chi connectivity index (χ3v) is 6.65. The molecule has 1 atom stereocenters. The van der Waals surface area contributed by atoms with E-state index in [1.54, 1.807) is 12.1 Å². The summed E-state index contributed by atoms with van der Waals surface area (Å²) in [5, 5.41) is 2.82. The molecule has 0 bridgehead atoms. The number of halogens is 1. The van der Waals surface area contributed by atoms with Crippen LogP contribution in [-0.2, 0) is 14.8 Å². The number of hydrogen-bond donors (Lipinski definition) is 1. The third-order valence-electron chi connectivity index (χ3n) is 4.30. The summed E-state index contributed by atoms with van der Waals surface area (Å²) >= 11 is 3.27. The fourth-order valence-electron chi connectivity index (χ4n) is 2.38. The largest absolute Gasteiger partial charge is 0.353 e. The van der Waals surface area contributed by atoms with E-state index in [4.69, 9.17) is 0 Å². The zero-order chi connectivity index (χ0) is 17.9. The van der Waals surface area contributed by atoms with Gasteiger partial charge in [-0.15, -0.1) is 0 Å². The van der Waals surface area contributed by atoms with Crippen LogP contribution in [0.25, 0.3) is 0 Å². The predicted octanol–water partition coefficient (Wildman–Crippen LogP) is 1.67. The molecule has 6 nitrogen and oxygen atoms in total. The number of nitrogens with one attached hydrogen (secondary N) is 1. The minimum absolute atomic E-state index is 0.169. The van der Waals surface area contributed by atoms with Crippen molar-refractivity contribution >= 4 is 31.9 Å². The molecule has 1 aromatic rings. The maximum Gasteiger partial charge on any atom is 0.243 e. The number of likely N-dealkylation sites (N-methyl/N-ethyl adjacent to an activating group) is 2. The molecule has 0 radical (unpaired) electrons. The first-order valence-electron chi connectivity index (χ1n) is 7.92. The van der Waals surface area contributed by atoms with Crippen LogP contribution >= 0.6 is 15.9 Å². The molecular weight excluding hydrogens is 394 g/mol. The predicted molar refractivity (Wildman–Crippen MR) is 97.2 cm³/mol. The van der Waals surface area contributed by atoms with E-state index in [0.29, 0.717) is 12.6 Å². The molecule has 1 fully saturated rings. The van der Waals surface area contributed by atoms with Crippen molar-refractivity contribution in [2.24, 2.45) is 0 Å². The zero-order valence-corrected chi connectivity index (χ0v) is 16.6. The number of nitrogens with zero attached hydrogens (tertiary/aromatic N) is 2. The van der Waals surface area contributed by atoms with Gasteiger partial charge in [0.25, 0.3) is 0 Å². The lowest BCUT2D eigenvalue weighted by molar-refractivity contribution is -0.121. The van der Waals surface area contributed by atoms with Gasteiger partial charge in [0.2, 0.25) is 15.9 Å². The van der Waals surface area contributed by atoms with Gasteiger partial charge in [-0.1, -0.05) is 15.9 Å². The second kappa shape index (κ2) is 7.95. The molecular formula is C16H24BrN3O3S. The summed E-state index contributed by atoms with van der Waals surface area (Å²) in [6.07, 6.45) is 2.42. The third kappa shape index (κ3) is 5.02. The van der Waals surface area contributed by atoms with Crippen molar-refractivity contribution in [1.82, 2.24) is 14.5 Å². The molecule has 0 aliphatic heterocycles. The van der Waals surface area contributed by atoms with Crippen LogP contribution in [0, 0.1) is 0 Å². The Kier molecular flexibility index (Phi) is 6.41. The fraction of sp³-hybridized carbons (Fsp3) is 0.562. The Morgan fingerprint density at radius 2 is 1.88 bits per heavy atom. The number of benzene rings is 1. The van der Waals surface area contributed by atoms with E-state index in [1.807, 2.05) is 0 Å². The van der Waals surface area contributed by atoms with Gasteiger partial charge in [0.15, 0.2) is 0 Å². The van der Waals surface area contributed by atoms with Gasteiger partial charge in [-0.25, -0.2) is 8.42 Å². The Bertz CT molecular complexity index is 674. The second-order valence-corrected chi connectivity index (χ2v) is 9.23. The van der Waals surface area contributed by atoms with Crippen molar-refractivity contribution in [2.75, 3.05) is 27.2 Å². The summed E-state index contributed by atoms with van der Waals surface area (Å²) in [6.45, 7) is 2.37. The monoisotopic (exact) mass is 417 g/mol. The molecule has 0 heterocycles. The quantitative estimate of drug-likeness (QED) is 0.698. The number of carbonyl (C=O) groups is 1. The lowest BCUT2D eigenvalue weighted by atomic mass is 10.3. The Morgan fingerprint density at radius 1 is 1.29 bits per heavy atom. The van der Waals surface area contributed by atoms with Gasteiger partial charge < -0.3 is 5.32 Å². The van der Waals surface area contributed by atoms with Crippen molar-refractivity contribution in [1.29, 1.82) is 0 Å². The van der Waals surface area contributed by atoms with Crippen LogP contribution < -0.4 is 5.32 Å². The van der Waals surface area contributed by atoms with E-state index in [1.165, 1.54) is 32.0 Å². The second-order valence-electron chi connectivity index (χ2n) is 6.26. The van der Waals surface area contributed by atoms with E-state index >= 15 is 0 Å². The van der Waals surface area contributed by atoms with Crippen LogP contribution in [0.2, 0.25) is 0 Å². The van der Waals surface area contributed by atoms with Crippen molar-refractivity contribution in [3.05, 3.63) is 28.7 Å². The summed E-state index contributed by atoms with van der Waals surface area (Å²) in [4.78, 5) is 14.5. The highest BCUT2D eigenvalue weighted by Crippen LogP contribution is 2.26. The van der Waals surface area contributed by atoms with Crippen LogP contribution in [-0.4, -0.2) is 62.8 Å². The number of hydrogen-bond acceptors (Lipinski definition) is 4. The molecule has 0 saturated heterocycles. The first-order chi connectivity index (χ1) is 11.2. The van der Waals surface area contributed by atoms with Gasteiger partial charge in [-0.05, 0) is 51.1 Å². The Hall–Kier alpha value is -0.960. The number of sulfonamides is 1. The molecule has 1 saturated carbocycles. The van der Waals surface area contributed by atoms with Gasteiger partial charge in [-0.3, -0.25) is 9.69 Å². The molecule has 24 heavy (non-hydrogen) atoms. The average molecular weight is 418 g/mol. The fourth-order valence-corrected chi connectivity index (χ4v) is 3.77. The van der Waals surface area contributed by atoms with Gasteiger partial charge in [0.05, 0.1) is 11.4 Å². The topological polar surface area (TPSA) is 69.7 Å².